The number of allylic oxidation sites excluding steroid dienone is 1. The van der Waals surface area contributed by atoms with Crippen molar-refractivity contribution in [2.24, 2.45) is 5.73 Å². The number of methoxy groups -OCH3 is 1. The number of nitriles is 1. The minimum absolute atomic E-state index is 0.0438. The SMILES string of the molecule is CCCOc1ccc(-c2[nH]nc3c2[C@@H](c2ccccc2OC)C(C#N)=C(N)O3)cc1. The molecule has 0 fully saturated rings. The van der Waals surface area contributed by atoms with E-state index < -0.39 is 5.92 Å². The zero-order chi connectivity index (χ0) is 21.1. The van der Waals surface area contributed by atoms with E-state index in [2.05, 4.69) is 23.2 Å². The van der Waals surface area contributed by atoms with E-state index in [9.17, 15) is 5.26 Å². The Bertz CT molecular complexity index is 1130. The lowest BCUT2D eigenvalue weighted by Gasteiger charge is -2.25. The van der Waals surface area contributed by atoms with Crippen molar-refractivity contribution < 1.29 is 14.2 Å². The van der Waals surface area contributed by atoms with Crippen molar-refractivity contribution in [3.8, 4) is 34.7 Å². The van der Waals surface area contributed by atoms with Gasteiger partial charge in [0.1, 0.15) is 23.1 Å². The average Bonchev–Trinajstić information content (AvgIpc) is 3.20. The summed E-state index contributed by atoms with van der Waals surface area (Å²) >= 11 is 0. The number of H-pyrrole nitrogens is 1. The fourth-order valence-corrected chi connectivity index (χ4v) is 3.62. The lowest BCUT2D eigenvalue weighted by molar-refractivity contribution is 0.317. The molecule has 2 aromatic carbocycles. The number of rotatable bonds is 6. The van der Waals surface area contributed by atoms with Crippen molar-refractivity contribution in [2.75, 3.05) is 13.7 Å². The molecule has 1 aliphatic heterocycles. The summed E-state index contributed by atoms with van der Waals surface area (Å²) in [4.78, 5) is 0. The Morgan fingerprint density at radius 2 is 1.97 bits per heavy atom. The van der Waals surface area contributed by atoms with Crippen LogP contribution >= 0.6 is 0 Å². The standard InChI is InChI=1S/C23H22N4O3/c1-3-12-29-15-10-8-14(9-11-15)21-20-19(16-6-4-5-7-18(16)28-2)17(13-24)22(25)30-23(20)27-26-21/h4-11,19H,3,12,25H2,1-2H3,(H,26,27)/t19-/m0/s1. The molecule has 2 heterocycles. The molecule has 1 aromatic heterocycles. The highest BCUT2D eigenvalue weighted by molar-refractivity contribution is 5.72. The smallest absolute Gasteiger partial charge is 0.244 e. The Morgan fingerprint density at radius 1 is 1.20 bits per heavy atom. The van der Waals surface area contributed by atoms with Gasteiger partial charge in [-0.25, -0.2) is 0 Å². The van der Waals surface area contributed by atoms with Crippen LogP contribution < -0.4 is 19.9 Å². The molecule has 1 atom stereocenters. The van der Waals surface area contributed by atoms with Crippen LogP contribution in [-0.2, 0) is 0 Å². The summed E-state index contributed by atoms with van der Waals surface area (Å²) in [6.07, 6.45) is 0.943. The molecule has 0 radical (unpaired) electrons. The molecule has 7 nitrogen and oxygen atoms in total. The van der Waals surface area contributed by atoms with Crippen molar-refractivity contribution in [3.63, 3.8) is 0 Å². The summed E-state index contributed by atoms with van der Waals surface area (Å²) < 4.78 is 16.9. The van der Waals surface area contributed by atoms with Gasteiger partial charge in [0.15, 0.2) is 0 Å². The number of hydrogen-bond donors (Lipinski definition) is 2. The lowest BCUT2D eigenvalue weighted by Crippen LogP contribution is -2.21. The van der Waals surface area contributed by atoms with E-state index >= 15 is 0 Å². The maximum atomic E-state index is 9.84. The van der Waals surface area contributed by atoms with Gasteiger partial charge in [-0.2, -0.15) is 5.26 Å². The second-order valence-electron chi connectivity index (χ2n) is 6.86. The first kappa shape index (κ1) is 19.4. The second-order valence-corrected chi connectivity index (χ2v) is 6.86. The number of nitrogens with one attached hydrogen (secondary N) is 1. The third-order valence-electron chi connectivity index (χ3n) is 5.00. The first-order chi connectivity index (χ1) is 14.7. The van der Waals surface area contributed by atoms with Crippen LogP contribution in [0.3, 0.4) is 0 Å². The molecule has 1 aliphatic rings. The van der Waals surface area contributed by atoms with Crippen molar-refractivity contribution in [3.05, 3.63) is 71.1 Å². The van der Waals surface area contributed by atoms with E-state index in [1.54, 1.807) is 7.11 Å². The van der Waals surface area contributed by atoms with Crippen LogP contribution in [0.2, 0.25) is 0 Å². The van der Waals surface area contributed by atoms with Gasteiger partial charge in [-0.15, -0.1) is 5.10 Å². The van der Waals surface area contributed by atoms with Crippen LogP contribution in [0.25, 0.3) is 11.3 Å². The Balaban J connectivity index is 1.84. The predicted octanol–water partition coefficient (Wildman–Crippen LogP) is 4.09. The number of ether oxygens (including phenoxy) is 3. The number of benzene rings is 2. The molecule has 0 unspecified atom stereocenters. The van der Waals surface area contributed by atoms with Crippen LogP contribution in [0, 0.1) is 11.3 Å². The summed E-state index contributed by atoms with van der Waals surface area (Å²) in [5.74, 6) is 1.38. The molecule has 4 rings (SSSR count). The fraction of sp³-hybridized carbons (Fsp3) is 0.217. The molecule has 152 valence electrons. The van der Waals surface area contributed by atoms with E-state index in [1.165, 1.54) is 0 Å². The zero-order valence-electron chi connectivity index (χ0n) is 16.8. The first-order valence-corrected chi connectivity index (χ1v) is 9.69. The zero-order valence-corrected chi connectivity index (χ0v) is 16.8. The molecule has 0 spiro atoms. The van der Waals surface area contributed by atoms with E-state index in [0.717, 1.165) is 34.6 Å². The van der Waals surface area contributed by atoms with E-state index in [4.69, 9.17) is 19.9 Å². The number of nitrogens with zero attached hydrogens (tertiary/aromatic N) is 2. The molecule has 0 aliphatic carbocycles. The van der Waals surface area contributed by atoms with Gasteiger partial charge in [-0.1, -0.05) is 25.1 Å². The Kier molecular flexibility index (Phi) is 5.31. The second kappa shape index (κ2) is 8.21. The van der Waals surface area contributed by atoms with Gasteiger partial charge in [-0.05, 0) is 36.8 Å². The normalized spacial score (nSPS) is 15.2. The highest BCUT2D eigenvalue weighted by Crippen LogP contribution is 2.47. The quantitative estimate of drug-likeness (QED) is 0.643. The van der Waals surface area contributed by atoms with Gasteiger partial charge in [-0.3, -0.25) is 5.10 Å². The number of nitrogens with two attached hydrogens (primary N) is 1. The van der Waals surface area contributed by atoms with E-state index in [0.29, 0.717) is 23.8 Å². The van der Waals surface area contributed by atoms with Crippen LogP contribution in [0.5, 0.6) is 17.4 Å². The van der Waals surface area contributed by atoms with Crippen LogP contribution in [0.4, 0.5) is 0 Å². The van der Waals surface area contributed by atoms with Crippen molar-refractivity contribution in [2.45, 2.75) is 19.3 Å². The number of hydrogen-bond acceptors (Lipinski definition) is 6. The number of fused-ring (bicyclic) bond motifs is 1. The van der Waals surface area contributed by atoms with Gasteiger partial charge in [0.05, 0.1) is 30.9 Å². The highest BCUT2D eigenvalue weighted by atomic mass is 16.5. The van der Waals surface area contributed by atoms with Crippen LogP contribution in [-0.4, -0.2) is 23.9 Å². The molecule has 3 aromatic rings. The average molecular weight is 402 g/mol. The molecular weight excluding hydrogens is 380 g/mol. The van der Waals surface area contributed by atoms with Gasteiger partial charge in [0.2, 0.25) is 11.8 Å². The van der Waals surface area contributed by atoms with Crippen molar-refractivity contribution in [1.29, 1.82) is 5.26 Å². The van der Waals surface area contributed by atoms with Crippen LogP contribution in [0.15, 0.2) is 60.0 Å². The van der Waals surface area contributed by atoms with Crippen molar-refractivity contribution in [1.82, 2.24) is 10.2 Å². The number of para-hydroxylation sites is 1. The summed E-state index contributed by atoms with van der Waals surface area (Å²) in [5, 5.41) is 17.2. The molecular formula is C23H22N4O3. The van der Waals surface area contributed by atoms with Gasteiger partial charge in [0.25, 0.3) is 0 Å². The van der Waals surface area contributed by atoms with Gasteiger partial charge >= 0.3 is 0 Å². The molecule has 7 heteroatoms. The maximum absolute atomic E-state index is 9.84. The summed E-state index contributed by atoms with van der Waals surface area (Å²) in [6.45, 7) is 2.73. The molecule has 0 bridgehead atoms. The summed E-state index contributed by atoms with van der Waals surface area (Å²) in [7, 11) is 1.60. The highest BCUT2D eigenvalue weighted by Gasteiger charge is 2.36. The van der Waals surface area contributed by atoms with E-state index in [1.807, 2.05) is 48.5 Å². The topological polar surface area (TPSA) is 106 Å². The Hall–Kier alpha value is -3.92. The summed E-state index contributed by atoms with van der Waals surface area (Å²) in [5.41, 5.74) is 9.59. The predicted molar refractivity (Wildman–Crippen MR) is 112 cm³/mol. The summed E-state index contributed by atoms with van der Waals surface area (Å²) in [6, 6.07) is 17.5. The minimum Gasteiger partial charge on any atom is -0.496 e. The molecule has 0 amide bonds. The monoisotopic (exact) mass is 402 g/mol. The van der Waals surface area contributed by atoms with Gasteiger partial charge < -0.3 is 19.9 Å². The third kappa shape index (κ3) is 3.33. The van der Waals surface area contributed by atoms with E-state index in [-0.39, 0.29) is 5.88 Å². The van der Waals surface area contributed by atoms with Crippen molar-refractivity contribution >= 4 is 0 Å². The largest absolute Gasteiger partial charge is 0.496 e. The molecule has 3 N–H and O–H groups in total. The first-order valence-electron chi connectivity index (χ1n) is 9.69. The molecule has 30 heavy (non-hydrogen) atoms. The molecule has 0 saturated carbocycles. The lowest BCUT2D eigenvalue weighted by atomic mass is 9.82. The maximum Gasteiger partial charge on any atom is 0.244 e. The number of aromatic amines is 1. The molecule has 0 saturated heterocycles. The minimum atomic E-state index is -0.473. The van der Waals surface area contributed by atoms with Gasteiger partial charge in [0, 0.05) is 11.1 Å². The van der Waals surface area contributed by atoms with Crippen LogP contribution in [0.1, 0.15) is 30.4 Å². The third-order valence-corrected chi connectivity index (χ3v) is 5.00. The number of aromatic nitrogens is 2. The Morgan fingerprint density at radius 3 is 2.67 bits per heavy atom. The Labute approximate surface area is 174 Å². The fourth-order valence-electron chi connectivity index (χ4n) is 3.62.